The molecule has 0 atom stereocenters. The van der Waals surface area contributed by atoms with Crippen LogP contribution >= 0.6 is 0 Å². The van der Waals surface area contributed by atoms with Crippen molar-refractivity contribution in [3.63, 3.8) is 0 Å². The maximum Gasteiger partial charge on any atom is 0.306 e. The molecule has 2 aromatic rings. The Labute approximate surface area is 145 Å². The van der Waals surface area contributed by atoms with E-state index in [1.54, 1.807) is 26.0 Å². The van der Waals surface area contributed by atoms with Crippen LogP contribution in [-0.4, -0.2) is 29.1 Å². The number of rotatable bonds is 7. The molecule has 0 saturated heterocycles. The fourth-order valence-electron chi connectivity index (χ4n) is 2.74. The van der Waals surface area contributed by atoms with E-state index in [0.717, 1.165) is 5.56 Å². The number of carbonyl (C=O) groups is 3. The molecule has 5 nitrogen and oxygen atoms in total. The lowest BCUT2D eigenvalue weighted by atomic mass is 10.1. The van der Waals surface area contributed by atoms with Crippen molar-refractivity contribution in [2.45, 2.75) is 33.6 Å². The quantitative estimate of drug-likeness (QED) is 0.617. The zero-order valence-corrected chi connectivity index (χ0v) is 14.4. The number of aromatic nitrogens is 1. The van der Waals surface area contributed by atoms with Crippen LogP contribution in [0.15, 0.2) is 24.3 Å². The van der Waals surface area contributed by atoms with Gasteiger partial charge in [-0.1, -0.05) is 12.1 Å². The predicted octanol–water partition coefficient (Wildman–Crippen LogP) is 3.33. The monoisotopic (exact) mass is 345 g/mol. The van der Waals surface area contributed by atoms with Crippen molar-refractivity contribution in [1.29, 1.82) is 0 Å². The molecular formula is C19H20FNO4. The van der Waals surface area contributed by atoms with E-state index in [1.165, 1.54) is 19.1 Å². The molecule has 0 bridgehead atoms. The van der Waals surface area contributed by atoms with Crippen LogP contribution < -0.4 is 0 Å². The zero-order valence-electron chi connectivity index (χ0n) is 14.4. The number of halogens is 1. The summed E-state index contributed by atoms with van der Waals surface area (Å²) in [6.45, 7) is 4.45. The molecule has 1 aromatic heterocycles. The summed E-state index contributed by atoms with van der Waals surface area (Å²) in [7, 11) is 0. The van der Waals surface area contributed by atoms with Crippen molar-refractivity contribution < 1.29 is 23.5 Å². The maximum absolute atomic E-state index is 12.8. The Kier molecular flexibility index (Phi) is 5.85. The van der Waals surface area contributed by atoms with Gasteiger partial charge >= 0.3 is 5.97 Å². The number of hydrogen-bond donors (Lipinski definition) is 1. The normalized spacial score (nSPS) is 10.6. The summed E-state index contributed by atoms with van der Waals surface area (Å²) in [5, 5.41) is 0. The van der Waals surface area contributed by atoms with Crippen LogP contribution in [0.5, 0.6) is 0 Å². The van der Waals surface area contributed by atoms with Crippen LogP contribution in [-0.2, 0) is 16.0 Å². The molecule has 2 rings (SSSR count). The number of hydrogen-bond acceptors (Lipinski definition) is 4. The maximum atomic E-state index is 12.8. The molecule has 0 aliphatic heterocycles. The Morgan fingerprint density at radius 3 is 2.32 bits per heavy atom. The van der Waals surface area contributed by atoms with E-state index in [4.69, 9.17) is 4.74 Å². The van der Waals surface area contributed by atoms with Crippen LogP contribution in [0.4, 0.5) is 4.39 Å². The van der Waals surface area contributed by atoms with Gasteiger partial charge in [0.1, 0.15) is 5.82 Å². The average molecular weight is 345 g/mol. The standard InChI is InChI=1S/C19H20FNO4/c1-11-18(13(3)22)12(2)21-19(11)16(23)10-25-17(24)9-6-14-4-7-15(20)8-5-14/h4-5,7-8,21H,6,9-10H2,1-3H3. The van der Waals surface area contributed by atoms with E-state index in [0.29, 0.717) is 23.2 Å². The molecule has 0 fully saturated rings. The number of benzene rings is 1. The Hall–Kier alpha value is -2.76. The van der Waals surface area contributed by atoms with E-state index in [1.807, 2.05) is 0 Å². The lowest BCUT2D eigenvalue weighted by molar-refractivity contribution is -0.142. The van der Waals surface area contributed by atoms with Crippen LogP contribution in [0, 0.1) is 19.7 Å². The number of aromatic amines is 1. The molecule has 1 heterocycles. The molecule has 1 N–H and O–H groups in total. The second-order valence-corrected chi connectivity index (χ2v) is 5.89. The number of nitrogens with one attached hydrogen (secondary N) is 1. The highest BCUT2D eigenvalue weighted by molar-refractivity contribution is 6.04. The van der Waals surface area contributed by atoms with Crippen LogP contribution in [0.2, 0.25) is 0 Å². The third-order valence-electron chi connectivity index (χ3n) is 3.96. The van der Waals surface area contributed by atoms with E-state index in [-0.39, 0.29) is 36.1 Å². The second kappa shape index (κ2) is 7.88. The number of ketones is 2. The molecule has 0 spiro atoms. The lowest BCUT2D eigenvalue weighted by Crippen LogP contribution is -2.15. The zero-order chi connectivity index (χ0) is 18.6. The van der Waals surface area contributed by atoms with Gasteiger partial charge in [-0.05, 0) is 50.5 Å². The topological polar surface area (TPSA) is 76.2 Å². The van der Waals surface area contributed by atoms with Crippen LogP contribution in [0.3, 0.4) is 0 Å². The minimum Gasteiger partial charge on any atom is -0.457 e. The van der Waals surface area contributed by atoms with E-state index >= 15 is 0 Å². The van der Waals surface area contributed by atoms with Crippen LogP contribution in [0.1, 0.15) is 51.0 Å². The van der Waals surface area contributed by atoms with Gasteiger partial charge in [0.25, 0.3) is 0 Å². The molecule has 0 amide bonds. The Morgan fingerprint density at radius 2 is 1.76 bits per heavy atom. The van der Waals surface area contributed by atoms with Gasteiger partial charge in [-0.25, -0.2) is 4.39 Å². The number of H-pyrrole nitrogens is 1. The Balaban J connectivity index is 1.89. The highest BCUT2D eigenvalue weighted by Gasteiger charge is 2.20. The third kappa shape index (κ3) is 4.62. The van der Waals surface area contributed by atoms with Crippen molar-refractivity contribution >= 4 is 17.5 Å². The predicted molar refractivity (Wildman–Crippen MR) is 90.3 cm³/mol. The average Bonchev–Trinajstić information content (AvgIpc) is 2.86. The first kappa shape index (κ1) is 18.6. The van der Waals surface area contributed by atoms with Crippen LogP contribution in [0.25, 0.3) is 0 Å². The molecule has 25 heavy (non-hydrogen) atoms. The van der Waals surface area contributed by atoms with Crippen molar-refractivity contribution in [3.05, 3.63) is 58.2 Å². The van der Waals surface area contributed by atoms with Crippen molar-refractivity contribution in [2.24, 2.45) is 0 Å². The molecule has 0 aliphatic rings. The van der Waals surface area contributed by atoms with Gasteiger partial charge in [-0.15, -0.1) is 0 Å². The summed E-state index contributed by atoms with van der Waals surface area (Å²) in [6.07, 6.45) is 0.503. The van der Waals surface area contributed by atoms with Gasteiger partial charge in [0.2, 0.25) is 5.78 Å². The fourth-order valence-corrected chi connectivity index (χ4v) is 2.74. The summed E-state index contributed by atoms with van der Waals surface area (Å²) in [5.74, 6) is -1.35. The molecular weight excluding hydrogens is 325 g/mol. The largest absolute Gasteiger partial charge is 0.457 e. The fraction of sp³-hybridized carbons (Fsp3) is 0.316. The van der Waals surface area contributed by atoms with E-state index < -0.39 is 5.97 Å². The highest BCUT2D eigenvalue weighted by atomic mass is 19.1. The van der Waals surface area contributed by atoms with Gasteiger partial charge in [-0.3, -0.25) is 14.4 Å². The first-order chi connectivity index (χ1) is 11.8. The minimum absolute atomic E-state index is 0.0976. The smallest absolute Gasteiger partial charge is 0.306 e. The van der Waals surface area contributed by atoms with Gasteiger partial charge < -0.3 is 9.72 Å². The van der Waals surface area contributed by atoms with E-state index in [2.05, 4.69) is 4.98 Å². The van der Waals surface area contributed by atoms with Crippen molar-refractivity contribution in [1.82, 2.24) is 4.98 Å². The minimum atomic E-state index is -0.509. The van der Waals surface area contributed by atoms with Gasteiger partial charge in [-0.2, -0.15) is 0 Å². The number of ether oxygens (including phenoxy) is 1. The molecule has 1 aromatic carbocycles. The highest BCUT2D eigenvalue weighted by Crippen LogP contribution is 2.19. The number of Topliss-reactive ketones (excluding diaryl/α,β-unsaturated/α-hetero) is 2. The first-order valence-corrected chi connectivity index (χ1v) is 7.93. The molecule has 6 heteroatoms. The Bertz CT molecular complexity index is 806. The van der Waals surface area contributed by atoms with Crippen molar-refractivity contribution in [3.8, 4) is 0 Å². The van der Waals surface area contributed by atoms with Gasteiger partial charge in [0, 0.05) is 17.7 Å². The van der Waals surface area contributed by atoms with Gasteiger partial charge in [0.05, 0.1) is 5.69 Å². The number of aryl methyl sites for hydroxylation is 2. The molecule has 0 aliphatic carbocycles. The molecule has 132 valence electrons. The summed E-state index contributed by atoms with van der Waals surface area (Å²) < 4.78 is 17.8. The molecule has 0 radical (unpaired) electrons. The molecule has 0 saturated carbocycles. The Morgan fingerprint density at radius 1 is 1.12 bits per heavy atom. The summed E-state index contributed by atoms with van der Waals surface area (Å²) in [6, 6.07) is 5.85. The van der Waals surface area contributed by atoms with Crippen molar-refractivity contribution in [2.75, 3.05) is 6.61 Å². The molecule has 0 unspecified atom stereocenters. The van der Waals surface area contributed by atoms with E-state index in [9.17, 15) is 18.8 Å². The summed E-state index contributed by atoms with van der Waals surface area (Å²) in [5.41, 5.74) is 2.78. The summed E-state index contributed by atoms with van der Waals surface area (Å²) in [4.78, 5) is 38.5. The van der Waals surface area contributed by atoms with Gasteiger partial charge in [0.15, 0.2) is 12.4 Å². The second-order valence-electron chi connectivity index (χ2n) is 5.89. The number of esters is 1. The lowest BCUT2D eigenvalue weighted by Gasteiger charge is -2.05. The first-order valence-electron chi connectivity index (χ1n) is 7.93. The third-order valence-corrected chi connectivity index (χ3v) is 3.96. The number of carbonyl (C=O) groups excluding carboxylic acids is 3. The SMILES string of the molecule is CC(=O)c1c(C)[nH]c(C(=O)COC(=O)CCc2ccc(F)cc2)c1C. The summed E-state index contributed by atoms with van der Waals surface area (Å²) >= 11 is 0.